The summed E-state index contributed by atoms with van der Waals surface area (Å²) in [5, 5.41) is 11.9. The number of fused-ring (bicyclic) bond motifs is 1. The average molecular weight is 390 g/mol. The van der Waals surface area contributed by atoms with Crippen molar-refractivity contribution < 1.29 is 4.79 Å². The zero-order chi connectivity index (χ0) is 20.1. The van der Waals surface area contributed by atoms with E-state index in [1.807, 2.05) is 54.6 Å². The summed E-state index contributed by atoms with van der Waals surface area (Å²) in [6.07, 6.45) is 5.00. The van der Waals surface area contributed by atoms with Gasteiger partial charge in [-0.3, -0.25) is 4.79 Å². The number of nitrogens with one attached hydrogen (secondary N) is 2. The maximum atomic E-state index is 12.9. The molecule has 0 saturated heterocycles. The second kappa shape index (κ2) is 8.90. The summed E-state index contributed by atoms with van der Waals surface area (Å²) in [4.78, 5) is 25.1. The van der Waals surface area contributed by atoms with Gasteiger partial charge in [-0.2, -0.15) is 5.10 Å². The van der Waals surface area contributed by atoms with Gasteiger partial charge in [-0.25, -0.2) is 9.48 Å². The predicted octanol–water partition coefficient (Wildman–Crippen LogP) is 3.55. The van der Waals surface area contributed by atoms with E-state index in [1.54, 1.807) is 4.68 Å². The Kier molecular flexibility index (Phi) is 5.89. The molecule has 0 unspecified atom stereocenters. The lowest BCUT2D eigenvalue weighted by molar-refractivity contribution is 0.240. The van der Waals surface area contributed by atoms with Crippen molar-refractivity contribution in [2.75, 3.05) is 6.54 Å². The summed E-state index contributed by atoms with van der Waals surface area (Å²) in [5.74, 6) is 0. The molecule has 1 heterocycles. The number of hydrogen-bond donors (Lipinski definition) is 2. The number of urea groups is 1. The SMILES string of the molecule is O=C(NCCc1ccccc1)NCc1nn(C2CCCC2)c(=O)c2ccccc12. The highest BCUT2D eigenvalue weighted by molar-refractivity contribution is 5.84. The van der Waals surface area contributed by atoms with Crippen LogP contribution in [-0.4, -0.2) is 22.4 Å². The molecule has 2 N–H and O–H groups in total. The third kappa shape index (κ3) is 4.47. The van der Waals surface area contributed by atoms with Crippen LogP contribution in [0.3, 0.4) is 0 Å². The topological polar surface area (TPSA) is 76.0 Å². The Balaban J connectivity index is 1.45. The highest BCUT2D eigenvalue weighted by Crippen LogP contribution is 2.28. The zero-order valence-corrected chi connectivity index (χ0v) is 16.4. The molecule has 0 radical (unpaired) electrons. The number of aromatic nitrogens is 2. The van der Waals surface area contributed by atoms with Gasteiger partial charge in [0.25, 0.3) is 5.56 Å². The number of benzene rings is 2. The molecule has 1 fully saturated rings. The summed E-state index contributed by atoms with van der Waals surface area (Å²) in [6.45, 7) is 0.844. The first-order valence-electron chi connectivity index (χ1n) is 10.3. The van der Waals surface area contributed by atoms with Gasteiger partial charge in [0.05, 0.1) is 23.7 Å². The van der Waals surface area contributed by atoms with Gasteiger partial charge in [0.2, 0.25) is 0 Å². The lowest BCUT2D eigenvalue weighted by Crippen LogP contribution is -2.37. The molecule has 29 heavy (non-hydrogen) atoms. The first-order valence-corrected chi connectivity index (χ1v) is 10.3. The number of hydrogen-bond acceptors (Lipinski definition) is 3. The summed E-state index contributed by atoms with van der Waals surface area (Å²) < 4.78 is 1.64. The molecule has 4 rings (SSSR count). The van der Waals surface area contributed by atoms with Gasteiger partial charge in [0.1, 0.15) is 0 Å². The molecule has 6 nitrogen and oxygen atoms in total. The summed E-state index contributed by atoms with van der Waals surface area (Å²) in [5.41, 5.74) is 1.87. The van der Waals surface area contributed by atoms with Crippen molar-refractivity contribution >= 4 is 16.8 Å². The fourth-order valence-electron chi connectivity index (χ4n) is 3.99. The molecule has 150 valence electrons. The molecule has 1 aromatic heterocycles. The van der Waals surface area contributed by atoms with Crippen molar-refractivity contribution in [2.24, 2.45) is 0 Å². The fourth-order valence-corrected chi connectivity index (χ4v) is 3.99. The summed E-state index contributed by atoms with van der Waals surface area (Å²) in [7, 11) is 0. The first-order chi connectivity index (χ1) is 14.2. The van der Waals surface area contributed by atoms with Gasteiger partial charge in [-0.05, 0) is 30.9 Å². The van der Waals surface area contributed by atoms with Crippen LogP contribution >= 0.6 is 0 Å². The molecule has 2 aromatic carbocycles. The Morgan fingerprint density at radius 2 is 1.66 bits per heavy atom. The molecule has 0 aliphatic heterocycles. The number of carbonyl (C=O) groups is 1. The predicted molar refractivity (Wildman–Crippen MR) is 114 cm³/mol. The van der Waals surface area contributed by atoms with E-state index in [0.29, 0.717) is 11.9 Å². The van der Waals surface area contributed by atoms with Gasteiger partial charge >= 0.3 is 6.03 Å². The maximum absolute atomic E-state index is 12.9. The minimum absolute atomic E-state index is 0.0384. The Hall–Kier alpha value is -3.15. The van der Waals surface area contributed by atoms with E-state index in [4.69, 9.17) is 0 Å². The van der Waals surface area contributed by atoms with Crippen LogP contribution in [0.1, 0.15) is 43.0 Å². The second-order valence-electron chi connectivity index (χ2n) is 7.53. The standard InChI is InChI=1S/C23H26N4O2/c28-22-20-13-7-6-12-19(20)21(26-27(22)18-10-4-5-11-18)16-25-23(29)24-15-14-17-8-2-1-3-9-17/h1-3,6-9,12-13,18H,4-5,10-11,14-16H2,(H2,24,25,29). The summed E-state index contributed by atoms with van der Waals surface area (Å²) in [6, 6.07) is 17.5. The minimum Gasteiger partial charge on any atom is -0.338 e. The van der Waals surface area contributed by atoms with Crippen molar-refractivity contribution in [1.82, 2.24) is 20.4 Å². The maximum Gasteiger partial charge on any atom is 0.315 e. The van der Waals surface area contributed by atoms with Gasteiger partial charge < -0.3 is 10.6 Å². The van der Waals surface area contributed by atoms with Crippen LogP contribution in [0.2, 0.25) is 0 Å². The van der Waals surface area contributed by atoms with Gasteiger partial charge in [-0.15, -0.1) is 0 Å². The van der Waals surface area contributed by atoms with Crippen LogP contribution < -0.4 is 16.2 Å². The highest BCUT2D eigenvalue weighted by atomic mass is 16.2. The lowest BCUT2D eigenvalue weighted by atomic mass is 10.1. The smallest absolute Gasteiger partial charge is 0.315 e. The summed E-state index contributed by atoms with van der Waals surface area (Å²) >= 11 is 0. The zero-order valence-electron chi connectivity index (χ0n) is 16.4. The first kappa shape index (κ1) is 19.2. The van der Waals surface area contributed by atoms with Gasteiger partial charge in [0, 0.05) is 11.9 Å². The number of carbonyl (C=O) groups excluding carboxylic acids is 1. The molecule has 1 aliphatic carbocycles. The highest BCUT2D eigenvalue weighted by Gasteiger charge is 2.21. The molecule has 2 amide bonds. The van der Waals surface area contributed by atoms with Crippen molar-refractivity contribution in [3.8, 4) is 0 Å². The van der Waals surface area contributed by atoms with E-state index in [-0.39, 0.29) is 24.2 Å². The van der Waals surface area contributed by atoms with E-state index in [9.17, 15) is 9.59 Å². The molecule has 0 bridgehead atoms. The van der Waals surface area contributed by atoms with Crippen molar-refractivity contribution in [3.63, 3.8) is 0 Å². The van der Waals surface area contributed by atoms with E-state index in [1.165, 1.54) is 5.56 Å². The molecule has 0 spiro atoms. The van der Waals surface area contributed by atoms with Crippen molar-refractivity contribution in [3.05, 3.63) is 76.2 Å². The van der Waals surface area contributed by atoms with E-state index < -0.39 is 0 Å². The van der Waals surface area contributed by atoms with Crippen molar-refractivity contribution in [1.29, 1.82) is 0 Å². The number of rotatable bonds is 6. The van der Waals surface area contributed by atoms with Crippen LogP contribution in [0, 0.1) is 0 Å². The Labute approximate surface area is 169 Å². The number of amides is 2. The second-order valence-corrected chi connectivity index (χ2v) is 7.53. The van der Waals surface area contributed by atoms with E-state index in [2.05, 4.69) is 15.7 Å². The monoisotopic (exact) mass is 390 g/mol. The Morgan fingerprint density at radius 3 is 2.41 bits per heavy atom. The number of nitrogens with zero attached hydrogens (tertiary/aromatic N) is 2. The lowest BCUT2D eigenvalue weighted by Gasteiger charge is -2.16. The quantitative estimate of drug-likeness (QED) is 0.676. The molecule has 0 atom stereocenters. The van der Waals surface area contributed by atoms with Crippen molar-refractivity contribution in [2.45, 2.75) is 44.7 Å². The Morgan fingerprint density at radius 1 is 0.966 bits per heavy atom. The normalized spacial score (nSPS) is 14.2. The van der Waals surface area contributed by atoms with Crippen LogP contribution in [0.4, 0.5) is 4.79 Å². The fraction of sp³-hybridized carbons (Fsp3) is 0.348. The van der Waals surface area contributed by atoms with E-state index in [0.717, 1.165) is 43.2 Å². The van der Waals surface area contributed by atoms with Crippen LogP contribution in [-0.2, 0) is 13.0 Å². The largest absolute Gasteiger partial charge is 0.338 e. The molecular formula is C23H26N4O2. The molecule has 6 heteroatoms. The molecule has 3 aromatic rings. The third-order valence-electron chi connectivity index (χ3n) is 5.53. The molecule has 1 aliphatic rings. The average Bonchev–Trinajstić information content (AvgIpc) is 3.29. The molecular weight excluding hydrogens is 364 g/mol. The van der Waals surface area contributed by atoms with E-state index >= 15 is 0 Å². The van der Waals surface area contributed by atoms with Crippen LogP contribution in [0.25, 0.3) is 10.8 Å². The molecule has 1 saturated carbocycles. The van der Waals surface area contributed by atoms with Gasteiger partial charge in [0.15, 0.2) is 0 Å². The van der Waals surface area contributed by atoms with Crippen LogP contribution in [0.15, 0.2) is 59.4 Å². The minimum atomic E-state index is -0.231. The van der Waals surface area contributed by atoms with Crippen LogP contribution in [0.5, 0.6) is 0 Å². The Bertz CT molecular complexity index is 1040. The third-order valence-corrected chi connectivity index (χ3v) is 5.53. The van der Waals surface area contributed by atoms with Gasteiger partial charge in [-0.1, -0.05) is 61.4 Å².